The Morgan fingerprint density at radius 2 is 2.11 bits per heavy atom. The monoisotopic (exact) mass is 282 g/mol. The summed E-state index contributed by atoms with van der Waals surface area (Å²) in [5.41, 5.74) is 4.11. The third-order valence-corrected chi connectivity index (χ3v) is 3.85. The highest BCUT2D eigenvalue weighted by Gasteiger charge is 2.22. The molecule has 2 heterocycles. The quantitative estimate of drug-likeness (QED) is 0.478. The number of nitrogens with zero attached hydrogens (tertiary/aromatic N) is 2. The number of nitrogens with one attached hydrogen (secondary N) is 3. The summed E-state index contributed by atoms with van der Waals surface area (Å²) in [4.78, 5) is 3.84. The zero-order valence-corrected chi connectivity index (χ0v) is 11.2. The molecular weight excluding hydrogens is 268 g/mol. The molecule has 2 aromatic rings. The summed E-state index contributed by atoms with van der Waals surface area (Å²) in [7, 11) is -3.83. The van der Waals surface area contributed by atoms with E-state index in [9.17, 15) is 8.42 Å². The van der Waals surface area contributed by atoms with Gasteiger partial charge in [-0.05, 0) is 26.0 Å². The fourth-order valence-electron chi connectivity index (χ4n) is 1.60. The normalized spacial score (nSPS) is 11.3. The second kappa shape index (κ2) is 4.86. The maximum absolute atomic E-state index is 12.3. The van der Waals surface area contributed by atoms with Gasteiger partial charge in [0.1, 0.15) is 0 Å². The van der Waals surface area contributed by atoms with E-state index in [0.717, 1.165) is 0 Å². The molecule has 0 radical (unpaired) electrons. The van der Waals surface area contributed by atoms with Crippen LogP contribution >= 0.6 is 0 Å². The van der Waals surface area contributed by atoms with Gasteiger partial charge in [0.05, 0.1) is 22.8 Å². The third-order valence-electron chi connectivity index (χ3n) is 2.55. The molecule has 0 spiro atoms. The number of hydrogen-bond acceptors (Lipinski definition) is 6. The maximum atomic E-state index is 12.3. The number of anilines is 2. The van der Waals surface area contributed by atoms with Gasteiger partial charge < -0.3 is 5.43 Å². The maximum Gasteiger partial charge on any atom is 0.281 e. The lowest BCUT2D eigenvalue weighted by molar-refractivity contribution is 0.598. The van der Waals surface area contributed by atoms with Crippen molar-refractivity contribution in [2.75, 3.05) is 10.1 Å². The van der Waals surface area contributed by atoms with E-state index in [4.69, 9.17) is 5.84 Å². The SMILES string of the molecule is Cc1n[nH]c(C)c1NS(=O)(=O)c1ncccc1NN. The Morgan fingerprint density at radius 1 is 1.37 bits per heavy atom. The summed E-state index contributed by atoms with van der Waals surface area (Å²) in [6.45, 7) is 3.42. The van der Waals surface area contributed by atoms with Crippen molar-refractivity contribution in [2.45, 2.75) is 18.9 Å². The predicted octanol–water partition coefficient (Wildman–Crippen LogP) is 0.508. The van der Waals surface area contributed by atoms with E-state index < -0.39 is 10.0 Å². The van der Waals surface area contributed by atoms with Crippen molar-refractivity contribution in [1.82, 2.24) is 15.2 Å². The molecule has 0 fully saturated rings. The Kier molecular flexibility index (Phi) is 3.40. The second-order valence-corrected chi connectivity index (χ2v) is 5.51. The lowest BCUT2D eigenvalue weighted by atomic mass is 10.3. The highest BCUT2D eigenvalue weighted by molar-refractivity contribution is 7.92. The highest BCUT2D eigenvalue weighted by atomic mass is 32.2. The van der Waals surface area contributed by atoms with Gasteiger partial charge in [-0.1, -0.05) is 0 Å². The molecule has 0 aliphatic carbocycles. The van der Waals surface area contributed by atoms with Gasteiger partial charge >= 0.3 is 0 Å². The van der Waals surface area contributed by atoms with Crippen LogP contribution in [0, 0.1) is 13.8 Å². The molecule has 8 nitrogen and oxygen atoms in total. The van der Waals surface area contributed by atoms with E-state index in [2.05, 4.69) is 25.3 Å². The molecule has 5 N–H and O–H groups in total. The largest absolute Gasteiger partial charge is 0.321 e. The Hall–Kier alpha value is -2.13. The van der Waals surface area contributed by atoms with Crippen LogP contribution in [0.1, 0.15) is 11.4 Å². The van der Waals surface area contributed by atoms with E-state index in [0.29, 0.717) is 17.1 Å². The number of pyridine rings is 1. The first kappa shape index (κ1) is 13.3. The van der Waals surface area contributed by atoms with Crippen molar-refractivity contribution in [3.05, 3.63) is 29.7 Å². The fraction of sp³-hybridized carbons (Fsp3) is 0.200. The van der Waals surface area contributed by atoms with Crippen LogP contribution in [0.2, 0.25) is 0 Å². The first-order valence-corrected chi connectivity index (χ1v) is 6.90. The number of nitrogen functional groups attached to an aromatic ring is 1. The fourth-order valence-corrected chi connectivity index (χ4v) is 2.88. The summed E-state index contributed by atoms with van der Waals surface area (Å²) in [6, 6.07) is 3.11. The number of hydrogen-bond donors (Lipinski definition) is 4. The number of aromatic amines is 1. The van der Waals surface area contributed by atoms with Gasteiger partial charge in [-0.25, -0.2) is 4.98 Å². The van der Waals surface area contributed by atoms with E-state index in [1.54, 1.807) is 19.9 Å². The van der Waals surface area contributed by atoms with Crippen molar-refractivity contribution in [3.63, 3.8) is 0 Å². The third kappa shape index (κ3) is 2.51. The Bertz CT molecular complexity index is 674. The van der Waals surface area contributed by atoms with E-state index >= 15 is 0 Å². The smallest absolute Gasteiger partial charge is 0.281 e. The molecule has 0 amide bonds. The number of sulfonamides is 1. The lowest BCUT2D eigenvalue weighted by Gasteiger charge is -2.10. The van der Waals surface area contributed by atoms with Crippen molar-refractivity contribution in [1.29, 1.82) is 0 Å². The van der Waals surface area contributed by atoms with E-state index in [1.165, 1.54) is 12.3 Å². The summed E-state index contributed by atoms with van der Waals surface area (Å²) >= 11 is 0. The number of hydrazine groups is 1. The van der Waals surface area contributed by atoms with Crippen LogP contribution in [-0.2, 0) is 10.0 Å². The van der Waals surface area contributed by atoms with Crippen molar-refractivity contribution in [3.8, 4) is 0 Å². The minimum absolute atomic E-state index is 0.169. The molecule has 0 aromatic carbocycles. The molecule has 0 bridgehead atoms. The molecule has 0 aliphatic heterocycles. The zero-order valence-electron chi connectivity index (χ0n) is 10.4. The van der Waals surface area contributed by atoms with Crippen molar-refractivity contribution in [2.24, 2.45) is 5.84 Å². The summed E-state index contributed by atoms with van der Waals surface area (Å²) < 4.78 is 27.0. The van der Waals surface area contributed by atoms with Crippen LogP contribution < -0.4 is 16.0 Å². The van der Waals surface area contributed by atoms with Gasteiger partial charge in [0, 0.05) is 6.20 Å². The molecule has 2 aromatic heterocycles. The van der Waals surface area contributed by atoms with Crippen LogP contribution in [0.25, 0.3) is 0 Å². The standard InChI is InChI=1S/C10H14N6O2S/c1-6-9(7(2)15-14-6)16-19(17,18)10-8(13-11)4-3-5-12-10/h3-5,13,16H,11H2,1-2H3,(H,14,15). The molecule has 0 saturated carbocycles. The first-order valence-electron chi connectivity index (χ1n) is 5.41. The number of nitrogens with two attached hydrogens (primary N) is 1. The number of H-pyrrole nitrogens is 1. The minimum Gasteiger partial charge on any atom is -0.321 e. The Morgan fingerprint density at radius 3 is 2.68 bits per heavy atom. The van der Waals surface area contributed by atoms with Gasteiger partial charge in [-0.2, -0.15) is 13.5 Å². The van der Waals surface area contributed by atoms with Gasteiger partial charge in [-0.15, -0.1) is 0 Å². The first-order chi connectivity index (χ1) is 8.95. The Balaban J connectivity index is 2.44. The number of aryl methyl sites for hydroxylation is 2. The highest BCUT2D eigenvalue weighted by Crippen LogP contribution is 2.23. The zero-order chi connectivity index (χ0) is 14.0. The van der Waals surface area contributed by atoms with Gasteiger partial charge in [0.2, 0.25) is 5.03 Å². The minimum atomic E-state index is -3.83. The molecule has 0 saturated heterocycles. The molecular formula is C10H14N6O2S. The molecule has 102 valence electrons. The van der Waals surface area contributed by atoms with Gasteiger partial charge in [0.15, 0.2) is 0 Å². The second-order valence-electron chi connectivity index (χ2n) is 3.91. The van der Waals surface area contributed by atoms with Crippen LogP contribution in [0.15, 0.2) is 23.4 Å². The topological polar surface area (TPSA) is 126 Å². The summed E-state index contributed by atoms with van der Waals surface area (Å²) in [6.07, 6.45) is 1.38. The molecule has 0 aliphatic rings. The predicted molar refractivity (Wildman–Crippen MR) is 70.9 cm³/mol. The average molecular weight is 282 g/mol. The molecule has 19 heavy (non-hydrogen) atoms. The van der Waals surface area contributed by atoms with Crippen LogP contribution in [0.5, 0.6) is 0 Å². The molecule has 0 unspecified atom stereocenters. The van der Waals surface area contributed by atoms with Crippen LogP contribution in [0.3, 0.4) is 0 Å². The van der Waals surface area contributed by atoms with Crippen LogP contribution in [0.4, 0.5) is 11.4 Å². The molecule has 9 heteroatoms. The average Bonchev–Trinajstić information content (AvgIpc) is 2.70. The van der Waals surface area contributed by atoms with Gasteiger partial charge in [0.25, 0.3) is 10.0 Å². The lowest BCUT2D eigenvalue weighted by Crippen LogP contribution is -2.19. The summed E-state index contributed by atoms with van der Waals surface area (Å²) in [5.74, 6) is 5.28. The van der Waals surface area contributed by atoms with Gasteiger partial charge in [-0.3, -0.25) is 15.7 Å². The van der Waals surface area contributed by atoms with Crippen molar-refractivity contribution >= 4 is 21.4 Å². The van der Waals surface area contributed by atoms with Crippen LogP contribution in [-0.4, -0.2) is 23.6 Å². The van der Waals surface area contributed by atoms with E-state index in [-0.39, 0.29) is 10.7 Å². The number of aromatic nitrogens is 3. The summed E-state index contributed by atoms with van der Waals surface area (Å²) in [5, 5.41) is 6.46. The Labute approximate surface area is 110 Å². The number of rotatable bonds is 4. The van der Waals surface area contributed by atoms with Crippen molar-refractivity contribution < 1.29 is 8.42 Å². The molecule has 0 atom stereocenters. The molecule has 2 rings (SSSR count). The van der Waals surface area contributed by atoms with E-state index in [1.807, 2.05) is 0 Å².